The SMILES string of the molecule is CCOc1ccc(C2=C(SC(C)C)C(=O)N(CCc3ccc(OC)c(OC)c3)C2=O)cc1. The molecule has 6 nitrogen and oxygen atoms in total. The highest BCUT2D eigenvalue weighted by Crippen LogP contribution is 2.38. The average molecular weight is 456 g/mol. The summed E-state index contributed by atoms with van der Waals surface area (Å²) in [5.41, 5.74) is 2.14. The quantitative estimate of drug-likeness (QED) is 0.489. The highest BCUT2D eigenvalue weighted by Gasteiger charge is 2.39. The van der Waals surface area contributed by atoms with Gasteiger partial charge in [0, 0.05) is 11.8 Å². The van der Waals surface area contributed by atoms with E-state index in [2.05, 4.69) is 0 Å². The van der Waals surface area contributed by atoms with E-state index in [1.54, 1.807) is 14.2 Å². The Bertz CT molecular complexity index is 1010. The Kier molecular flexibility index (Phi) is 7.85. The normalized spacial score (nSPS) is 13.9. The van der Waals surface area contributed by atoms with Gasteiger partial charge >= 0.3 is 0 Å². The molecule has 2 aromatic rings. The van der Waals surface area contributed by atoms with E-state index in [9.17, 15) is 9.59 Å². The van der Waals surface area contributed by atoms with Gasteiger partial charge in [-0.2, -0.15) is 0 Å². The predicted octanol–water partition coefficient (Wildman–Crippen LogP) is 4.57. The van der Waals surface area contributed by atoms with Gasteiger partial charge < -0.3 is 14.2 Å². The minimum absolute atomic E-state index is 0.172. The Hall–Kier alpha value is -2.93. The van der Waals surface area contributed by atoms with E-state index < -0.39 is 0 Å². The first-order chi connectivity index (χ1) is 15.4. The van der Waals surface area contributed by atoms with Crippen LogP contribution < -0.4 is 14.2 Å². The molecule has 0 aromatic heterocycles. The molecule has 0 atom stereocenters. The van der Waals surface area contributed by atoms with Crippen LogP contribution in [0.2, 0.25) is 0 Å². The molecule has 0 aliphatic carbocycles. The zero-order valence-electron chi connectivity index (χ0n) is 19.1. The van der Waals surface area contributed by atoms with Crippen LogP contribution in [-0.2, 0) is 16.0 Å². The first-order valence-electron chi connectivity index (χ1n) is 10.6. The van der Waals surface area contributed by atoms with Crippen molar-refractivity contribution in [3.63, 3.8) is 0 Å². The van der Waals surface area contributed by atoms with Crippen LogP contribution in [0.4, 0.5) is 0 Å². The van der Waals surface area contributed by atoms with Crippen LogP contribution in [0.3, 0.4) is 0 Å². The second-order valence-electron chi connectivity index (χ2n) is 7.53. The summed E-state index contributed by atoms with van der Waals surface area (Å²) in [5, 5.41) is 0.172. The molecule has 0 N–H and O–H groups in total. The Morgan fingerprint density at radius 1 is 0.938 bits per heavy atom. The maximum atomic E-state index is 13.3. The summed E-state index contributed by atoms with van der Waals surface area (Å²) in [6.07, 6.45) is 0.522. The van der Waals surface area contributed by atoms with Gasteiger partial charge in [0.25, 0.3) is 11.8 Å². The summed E-state index contributed by atoms with van der Waals surface area (Å²) in [5.74, 6) is 1.49. The first kappa shape index (κ1) is 23.7. The lowest BCUT2D eigenvalue weighted by atomic mass is 10.1. The number of thioether (sulfide) groups is 1. The van der Waals surface area contributed by atoms with Crippen LogP contribution in [0.25, 0.3) is 5.57 Å². The molecule has 0 saturated heterocycles. The van der Waals surface area contributed by atoms with Gasteiger partial charge in [-0.3, -0.25) is 14.5 Å². The summed E-state index contributed by atoms with van der Waals surface area (Å²) >= 11 is 1.43. The van der Waals surface area contributed by atoms with Crippen molar-refractivity contribution in [3.8, 4) is 17.2 Å². The van der Waals surface area contributed by atoms with Gasteiger partial charge in [-0.25, -0.2) is 0 Å². The summed E-state index contributed by atoms with van der Waals surface area (Å²) < 4.78 is 16.1. The number of carbonyl (C=O) groups excluding carboxylic acids is 2. The average Bonchev–Trinajstić information content (AvgIpc) is 3.01. The van der Waals surface area contributed by atoms with Gasteiger partial charge in [0.15, 0.2) is 11.5 Å². The number of ether oxygens (including phenoxy) is 3. The molecule has 3 rings (SSSR count). The third-order valence-corrected chi connectivity index (χ3v) is 6.09. The standard InChI is InChI=1S/C25H29NO5S/c1-6-31-19-10-8-18(9-11-19)22-23(32-16(2)3)25(28)26(24(22)27)14-13-17-7-12-20(29-4)21(15-17)30-5/h7-12,15-16H,6,13-14H2,1-5H3. The molecule has 0 radical (unpaired) electrons. The lowest BCUT2D eigenvalue weighted by Crippen LogP contribution is -2.33. The van der Waals surface area contributed by atoms with Gasteiger partial charge in [0.1, 0.15) is 5.75 Å². The molecule has 32 heavy (non-hydrogen) atoms. The van der Waals surface area contributed by atoms with Crippen molar-refractivity contribution in [3.05, 3.63) is 58.5 Å². The third kappa shape index (κ3) is 5.10. The third-order valence-electron chi connectivity index (χ3n) is 5.01. The molecule has 0 fully saturated rings. The van der Waals surface area contributed by atoms with E-state index in [0.717, 1.165) is 16.9 Å². The maximum Gasteiger partial charge on any atom is 0.268 e. The van der Waals surface area contributed by atoms with Crippen LogP contribution in [0.1, 0.15) is 31.9 Å². The van der Waals surface area contributed by atoms with Crippen molar-refractivity contribution in [1.82, 2.24) is 4.90 Å². The van der Waals surface area contributed by atoms with Crippen LogP contribution in [0, 0.1) is 0 Å². The molecule has 1 aliphatic rings. The molecular weight excluding hydrogens is 426 g/mol. The number of nitrogens with zero attached hydrogens (tertiary/aromatic N) is 1. The second kappa shape index (κ2) is 10.6. The molecule has 7 heteroatoms. The molecular formula is C25H29NO5S. The smallest absolute Gasteiger partial charge is 0.268 e. The summed E-state index contributed by atoms with van der Waals surface area (Å²) in [6.45, 7) is 6.80. The highest BCUT2D eigenvalue weighted by molar-refractivity contribution is 8.04. The Labute approximate surface area is 193 Å². The van der Waals surface area contributed by atoms with Gasteiger partial charge in [0.05, 0.1) is 31.3 Å². The Morgan fingerprint density at radius 2 is 1.62 bits per heavy atom. The fraction of sp³-hybridized carbons (Fsp3) is 0.360. The van der Waals surface area contributed by atoms with Gasteiger partial charge in [0.2, 0.25) is 0 Å². The van der Waals surface area contributed by atoms with E-state index in [-0.39, 0.29) is 23.6 Å². The van der Waals surface area contributed by atoms with Crippen molar-refractivity contribution >= 4 is 29.1 Å². The molecule has 2 amide bonds. The molecule has 2 aromatic carbocycles. The summed E-state index contributed by atoms with van der Waals surface area (Å²) in [6, 6.07) is 12.9. The molecule has 170 valence electrons. The second-order valence-corrected chi connectivity index (χ2v) is 9.12. The van der Waals surface area contributed by atoms with Crippen LogP contribution >= 0.6 is 11.8 Å². The van der Waals surface area contributed by atoms with Crippen molar-refractivity contribution in [2.45, 2.75) is 32.4 Å². The molecule has 0 unspecified atom stereocenters. The summed E-state index contributed by atoms with van der Waals surface area (Å²) in [4.78, 5) is 28.4. The lowest BCUT2D eigenvalue weighted by Gasteiger charge is -2.16. The zero-order valence-corrected chi connectivity index (χ0v) is 20.0. The van der Waals surface area contributed by atoms with E-state index in [1.807, 2.05) is 63.2 Å². The number of benzene rings is 2. The fourth-order valence-corrected chi connectivity index (χ4v) is 4.52. The van der Waals surface area contributed by atoms with Crippen molar-refractivity contribution in [1.29, 1.82) is 0 Å². The molecule has 1 aliphatic heterocycles. The van der Waals surface area contributed by atoms with Gasteiger partial charge in [-0.1, -0.05) is 32.0 Å². The van der Waals surface area contributed by atoms with Gasteiger partial charge in [-0.05, 0) is 48.7 Å². The zero-order chi connectivity index (χ0) is 23.3. The highest BCUT2D eigenvalue weighted by atomic mass is 32.2. The molecule has 1 heterocycles. The number of amides is 2. The van der Waals surface area contributed by atoms with Crippen molar-refractivity contribution in [2.24, 2.45) is 0 Å². The van der Waals surface area contributed by atoms with E-state index in [4.69, 9.17) is 14.2 Å². The van der Waals surface area contributed by atoms with E-state index >= 15 is 0 Å². The van der Waals surface area contributed by atoms with Gasteiger partial charge in [-0.15, -0.1) is 11.8 Å². The minimum Gasteiger partial charge on any atom is -0.494 e. The number of rotatable bonds is 10. The largest absolute Gasteiger partial charge is 0.494 e. The number of hydrogen-bond acceptors (Lipinski definition) is 6. The van der Waals surface area contributed by atoms with Crippen molar-refractivity contribution < 1.29 is 23.8 Å². The van der Waals surface area contributed by atoms with Crippen LogP contribution in [0.15, 0.2) is 47.4 Å². The number of methoxy groups -OCH3 is 2. The van der Waals surface area contributed by atoms with E-state index in [0.29, 0.717) is 35.0 Å². The predicted molar refractivity (Wildman–Crippen MR) is 127 cm³/mol. The summed E-state index contributed by atoms with van der Waals surface area (Å²) in [7, 11) is 3.17. The maximum absolute atomic E-state index is 13.3. The van der Waals surface area contributed by atoms with Crippen LogP contribution in [0.5, 0.6) is 17.2 Å². The molecule has 0 bridgehead atoms. The number of imide groups is 1. The Morgan fingerprint density at radius 3 is 2.22 bits per heavy atom. The first-order valence-corrected chi connectivity index (χ1v) is 11.5. The topological polar surface area (TPSA) is 65.1 Å². The molecule has 0 spiro atoms. The molecule has 0 saturated carbocycles. The fourth-order valence-electron chi connectivity index (χ4n) is 3.52. The Balaban J connectivity index is 1.84. The number of hydrogen-bond donors (Lipinski definition) is 0. The number of carbonyl (C=O) groups is 2. The minimum atomic E-state index is -0.261. The van der Waals surface area contributed by atoms with Crippen molar-refractivity contribution in [2.75, 3.05) is 27.4 Å². The lowest BCUT2D eigenvalue weighted by molar-refractivity contribution is -0.136. The van der Waals surface area contributed by atoms with Crippen LogP contribution in [-0.4, -0.2) is 49.3 Å². The van der Waals surface area contributed by atoms with E-state index in [1.165, 1.54) is 16.7 Å². The monoisotopic (exact) mass is 455 g/mol.